The van der Waals surface area contributed by atoms with Crippen LogP contribution in [0.5, 0.6) is 5.75 Å². The normalized spacial score (nSPS) is 10.6. The van der Waals surface area contributed by atoms with Gasteiger partial charge in [-0.2, -0.15) is 0 Å². The molecule has 0 spiro atoms. The quantitative estimate of drug-likeness (QED) is 0.728. The standard InChI is InChI=1S/C18H14F2N2O2S/c19-14-6-3-12(9-15(14)20)18(24)21-8-7-17-22-16(10-25-17)11-1-4-13(23)5-2-11/h1-6,9-10,23H,7-8H2,(H,21,24). The van der Waals surface area contributed by atoms with Crippen LogP contribution in [-0.4, -0.2) is 22.5 Å². The van der Waals surface area contributed by atoms with Gasteiger partial charge >= 0.3 is 0 Å². The van der Waals surface area contributed by atoms with Gasteiger partial charge in [0.25, 0.3) is 5.91 Å². The molecule has 2 aromatic carbocycles. The van der Waals surface area contributed by atoms with E-state index in [4.69, 9.17) is 0 Å². The van der Waals surface area contributed by atoms with Crippen molar-refractivity contribution in [2.75, 3.05) is 6.54 Å². The van der Waals surface area contributed by atoms with E-state index in [1.165, 1.54) is 17.4 Å². The minimum Gasteiger partial charge on any atom is -0.508 e. The van der Waals surface area contributed by atoms with E-state index >= 15 is 0 Å². The lowest BCUT2D eigenvalue weighted by Crippen LogP contribution is -2.25. The molecule has 0 aliphatic rings. The van der Waals surface area contributed by atoms with Crippen LogP contribution >= 0.6 is 11.3 Å². The molecule has 3 aromatic rings. The molecule has 128 valence electrons. The van der Waals surface area contributed by atoms with Gasteiger partial charge in [-0.1, -0.05) is 0 Å². The number of amides is 1. The van der Waals surface area contributed by atoms with Crippen molar-refractivity contribution < 1.29 is 18.7 Å². The van der Waals surface area contributed by atoms with Gasteiger partial charge in [-0.25, -0.2) is 13.8 Å². The van der Waals surface area contributed by atoms with E-state index in [0.717, 1.165) is 28.4 Å². The van der Waals surface area contributed by atoms with Crippen LogP contribution in [0.4, 0.5) is 8.78 Å². The third kappa shape index (κ3) is 4.19. The number of rotatable bonds is 5. The first-order valence-corrected chi connectivity index (χ1v) is 8.38. The summed E-state index contributed by atoms with van der Waals surface area (Å²) in [7, 11) is 0. The second kappa shape index (κ2) is 7.40. The molecule has 0 aliphatic carbocycles. The zero-order valence-electron chi connectivity index (χ0n) is 13.0. The summed E-state index contributed by atoms with van der Waals surface area (Å²) in [5.74, 6) is -2.31. The maximum Gasteiger partial charge on any atom is 0.251 e. The Balaban J connectivity index is 1.56. The van der Waals surface area contributed by atoms with Gasteiger partial charge in [0, 0.05) is 29.5 Å². The van der Waals surface area contributed by atoms with E-state index in [2.05, 4.69) is 10.3 Å². The predicted molar refractivity (Wildman–Crippen MR) is 91.6 cm³/mol. The second-order valence-corrected chi connectivity index (χ2v) is 6.25. The largest absolute Gasteiger partial charge is 0.508 e. The van der Waals surface area contributed by atoms with Crippen LogP contribution in [0.15, 0.2) is 47.8 Å². The summed E-state index contributed by atoms with van der Waals surface area (Å²) >= 11 is 1.47. The minimum atomic E-state index is -1.05. The van der Waals surface area contributed by atoms with Crippen molar-refractivity contribution in [3.05, 3.63) is 70.1 Å². The third-order valence-corrected chi connectivity index (χ3v) is 4.43. The van der Waals surface area contributed by atoms with Crippen molar-refractivity contribution in [3.8, 4) is 17.0 Å². The van der Waals surface area contributed by atoms with Crippen LogP contribution in [0.1, 0.15) is 15.4 Å². The maximum absolute atomic E-state index is 13.1. The number of nitrogens with one attached hydrogen (secondary N) is 1. The number of phenolic OH excluding ortho intramolecular Hbond substituents is 1. The number of hydrogen-bond donors (Lipinski definition) is 2. The molecular weight excluding hydrogens is 346 g/mol. The Labute approximate surface area is 146 Å². The molecule has 0 atom stereocenters. The van der Waals surface area contributed by atoms with Crippen LogP contribution in [0.2, 0.25) is 0 Å². The zero-order valence-corrected chi connectivity index (χ0v) is 13.8. The topological polar surface area (TPSA) is 62.2 Å². The van der Waals surface area contributed by atoms with Gasteiger partial charge in [-0.15, -0.1) is 11.3 Å². The van der Waals surface area contributed by atoms with Gasteiger partial charge < -0.3 is 10.4 Å². The first kappa shape index (κ1) is 17.0. The number of hydrogen-bond acceptors (Lipinski definition) is 4. The Bertz CT molecular complexity index is 894. The highest BCUT2D eigenvalue weighted by Gasteiger charge is 2.10. The highest BCUT2D eigenvalue weighted by atomic mass is 32.1. The molecule has 0 radical (unpaired) electrons. The van der Waals surface area contributed by atoms with Crippen LogP contribution < -0.4 is 5.32 Å². The number of aromatic hydroxyl groups is 1. The molecule has 1 amide bonds. The van der Waals surface area contributed by atoms with Gasteiger partial charge in [0.05, 0.1) is 10.7 Å². The lowest BCUT2D eigenvalue weighted by Gasteiger charge is -2.04. The van der Waals surface area contributed by atoms with Crippen LogP contribution in [0.25, 0.3) is 11.3 Å². The Hall–Kier alpha value is -2.80. The zero-order chi connectivity index (χ0) is 17.8. The number of aromatic nitrogens is 1. The molecule has 0 unspecified atom stereocenters. The summed E-state index contributed by atoms with van der Waals surface area (Å²) in [6.45, 7) is 0.334. The van der Waals surface area contributed by atoms with Crippen LogP contribution in [0.3, 0.4) is 0 Å². The van der Waals surface area contributed by atoms with Crippen molar-refractivity contribution in [1.82, 2.24) is 10.3 Å². The number of halogens is 2. The first-order valence-electron chi connectivity index (χ1n) is 7.50. The molecule has 0 fully saturated rings. The fourth-order valence-electron chi connectivity index (χ4n) is 2.21. The fourth-order valence-corrected chi connectivity index (χ4v) is 3.02. The van der Waals surface area contributed by atoms with Gasteiger partial charge in [0.15, 0.2) is 11.6 Å². The number of carbonyl (C=O) groups is 1. The molecular formula is C18H14F2N2O2S. The number of nitrogens with zero attached hydrogens (tertiary/aromatic N) is 1. The molecule has 0 saturated carbocycles. The molecule has 3 rings (SSSR count). The smallest absolute Gasteiger partial charge is 0.251 e. The first-order chi connectivity index (χ1) is 12.0. The van der Waals surface area contributed by atoms with Gasteiger partial charge in [0.2, 0.25) is 0 Å². The summed E-state index contributed by atoms with van der Waals surface area (Å²) in [6, 6.07) is 9.77. The number of phenols is 1. The van der Waals surface area contributed by atoms with Crippen molar-refractivity contribution in [3.63, 3.8) is 0 Å². The minimum absolute atomic E-state index is 0.0721. The highest BCUT2D eigenvalue weighted by Crippen LogP contribution is 2.23. The molecule has 0 bridgehead atoms. The lowest BCUT2D eigenvalue weighted by molar-refractivity contribution is 0.0953. The fraction of sp³-hybridized carbons (Fsp3) is 0.111. The summed E-state index contributed by atoms with van der Waals surface area (Å²) < 4.78 is 26.0. The number of carbonyl (C=O) groups excluding carboxylic acids is 1. The van der Waals surface area contributed by atoms with Gasteiger partial charge in [0.1, 0.15) is 5.75 Å². The molecule has 0 saturated heterocycles. The Morgan fingerprint density at radius 1 is 1.12 bits per heavy atom. The average molecular weight is 360 g/mol. The molecule has 25 heavy (non-hydrogen) atoms. The summed E-state index contributed by atoms with van der Waals surface area (Å²) in [5, 5.41) is 14.7. The van der Waals surface area contributed by atoms with E-state index in [9.17, 15) is 18.7 Å². The average Bonchev–Trinajstić information content (AvgIpc) is 3.06. The Morgan fingerprint density at radius 2 is 1.88 bits per heavy atom. The predicted octanol–water partition coefficient (Wildman–Crippen LogP) is 3.77. The Kier molecular flexibility index (Phi) is 5.04. The van der Waals surface area contributed by atoms with Crippen molar-refractivity contribution in [2.24, 2.45) is 0 Å². The van der Waals surface area contributed by atoms with E-state index < -0.39 is 17.5 Å². The number of benzene rings is 2. The Morgan fingerprint density at radius 3 is 2.60 bits per heavy atom. The maximum atomic E-state index is 13.1. The molecule has 1 aromatic heterocycles. The second-order valence-electron chi connectivity index (χ2n) is 5.31. The molecule has 4 nitrogen and oxygen atoms in total. The van der Waals surface area contributed by atoms with E-state index in [-0.39, 0.29) is 11.3 Å². The van der Waals surface area contributed by atoms with Crippen LogP contribution in [-0.2, 0) is 6.42 Å². The summed E-state index contributed by atoms with van der Waals surface area (Å²) in [6.07, 6.45) is 0.526. The van der Waals surface area contributed by atoms with E-state index in [0.29, 0.717) is 13.0 Å². The molecule has 1 heterocycles. The van der Waals surface area contributed by atoms with E-state index in [1.807, 2.05) is 5.38 Å². The monoisotopic (exact) mass is 360 g/mol. The van der Waals surface area contributed by atoms with Crippen LogP contribution in [0, 0.1) is 11.6 Å². The number of thiazole rings is 1. The van der Waals surface area contributed by atoms with E-state index in [1.54, 1.807) is 24.3 Å². The lowest BCUT2D eigenvalue weighted by atomic mass is 10.2. The molecule has 2 N–H and O–H groups in total. The SMILES string of the molecule is O=C(NCCc1nc(-c2ccc(O)cc2)cs1)c1ccc(F)c(F)c1. The third-order valence-electron chi connectivity index (χ3n) is 3.52. The van der Waals surface area contributed by atoms with Crippen molar-refractivity contribution in [2.45, 2.75) is 6.42 Å². The molecule has 0 aliphatic heterocycles. The summed E-state index contributed by atoms with van der Waals surface area (Å²) in [4.78, 5) is 16.4. The van der Waals surface area contributed by atoms with Gasteiger partial charge in [-0.05, 0) is 42.5 Å². The summed E-state index contributed by atoms with van der Waals surface area (Å²) in [5.41, 5.74) is 1.76. The molecule has 7 heteroatoms. The van der Waals surface area contributed by atoms with Crippen molar-refractivity contribution >= 4 is 17.2 Å². The highest BCUT2D eigenvalue weighted by molar-refractivity contribution is 7.09. The van der Waals surface area contributed by atoms with Gasteiger partial charge in [-0.3, -0.25) is 4.79 Å². The van der Waals surface area contributed by atoms with Crippen molar-refractivity contribution in [1.29, 1.82) is 0 Å².